The van der Waals surface area contributed by atoms with Crippen molar-refractivity contribution in [1.29, 1.82) is 0 Å². The number of benzene rings is 1. The van der Waals surface area contributed by atoms with E-state index in [1.165, 1.54) is 23.5 Å². The van der Waals surface area contributed by atoms with Crippen LogP contribution in [-0.2, 0) is 4.74 Å². The maximum absolute atomic E-state index is 12.9. The van der Waals surface area contributed by atoms with Crippen molar-refractivity contribution in [3.63, 3.8) is 0 Å². The van der Waals surface area contributed by atoms with Crippen molar-refractivity contribution >= 4 is 27.4 Å². The van der Waals surface area contributed by atoms with Crippen LogP contribution in [0.3, 0.4) is 0 Å². The number of ether oxygens (including phenoxy) is 1. The normalized spacial score (nSPS) is 10.5. The van der Waals surface area contributed by atoms with E-state index in [4.69, 9.17) is 4.74 Å². The molecule has 2 aromatic rings. The zero-order valence-corrected chi connectivity index (χ0v) is 8.94. The molecule has 0 bridgehead atoms. The van der Waals surface area contributed by atoms with Crippen LogP contribution in [0.1, 0.15) is 16.6 Å². The summed E-state index contributed by atoms with van der Waals surface area (Å²) in [6.07, 6.45) is 0. The number of thiophene rings is 1. The summed E-state index contributed by atoms with van der Waals surface area (Å²) in [5, 5.41) is 0.739. The van der Waals surface area contributed by atoms with E-state index >= 15 is 0 Å². The molecule has 0 amide bonds. The van der Waals surface area contributed by atoms with E-state index in [0.29, 0.717) is 11.5 Å². The molecule has 0 radical (unpaired) electrons. The smallest absolute Gasteiger partial charge is 0.348 e. The third-order valence-electron chi connectivity index (χ3n) is 1.95. The van der Waals surface area contributed by atoms with Gasteiger partial charge in [0, 0.05) is 4.70 Å². The lowest BCUT2D eigenvalue weighted by atomic mass is 10.2. The van der Waals surface area contributed by atoms with Gasteiger partial charge in [0.25, 0.3) is 0 Å². The summed E-state index contributed by atoms with van der Waals surface area (Å²) in [7, 11) is 0. The Morgan fingerprint density at radius 3 is 3.00 bits per heavy atom. The molecule has 0 aliphatic rings. The molecular formula is C11H9FO2S. The Morgan fingerprint density at radius 2 is 2.27 bits per heavy atom. The maximum atomic E-state index is 12.9. The maximum Gasteiger partial charge on any atom is 0.348 e. The highest BCUT2D eigenvalue weighted by molar-refractivity contribution is 7.20. The summed E-state index contributed by atoms with van der Waals surface area (Å²) >= 11 is 1.31. The monoisotopic (exact) mass is 224 g/mol. The molecule has 78 valence electrons. The van der Waals surface area contributed by atoms with Crippen molar-refractivity contribution in [1.82, 2.24) is 0 Å². The summed E-state index contributed by atoms with van der Waals surface area (Å²) in [5.41, 5.74) is 0. The molecule has 0 saturated carbocycles. The van der Waals surface area contributed by atoms with Gasteiger partial charge in [-0.25, -0.2) is 9.18 Å². The fourth-order valence-electron chi connectivity index (χ4n) is 1.32. The van der Waals surface area contributed by atoms with Crippen molar-refractivity contribution in [2.45, 2.75) is 6.92 Å². The van der Waals surface area contributed by atoms with E-state index in [-0.39, 0.29) is 11.8 Å². The Balaban J connectivity index is 2.42. The molecule has 2 rings (SSSR count). The summed E-state index contributed by atoms with van der Waals surface area (Å²) in [5.74, 6) is -0.644. The number of hydrogen-bond donors (Lipinski definition) is 0. The first-order valence-electron chi connectivity index (χ1n) is 4.57. The summed E-state index contributed by atoms with van der Waals surface area (Å²) < 4.78 is 18.6. The van der Waals surface area contributed by atoms with E-state index in [2.05, 4.69) is 0 Å². The van der Waals surface area contributed by atoms with Crippen LogP contribution >= 0.6 is 11.3 Å². The summed E-state index contributed by atoms with van der Waals surface area (Å²) in [4.78, 5) is 11.9. The fourth-order valence-corrected chi connectivity index (χ4v) is 2.25. The number of hydrogen-bond acceptors (Lipinski definition) is 3. The minimum Gasteiger partial charge on any atom is -0.462 e. The van der Waals surface area contributed by atoms with E-state index in [1.54, 1.807) is 19.1 Å². The van der Waals surface area contributed by atoms with Gasteiger partial charge in [0.1, 0.15) is 10.7 Å². The molecule has 0 spiro atoms. The first-order valence-corrected chi connectivity index (χ1v) is 5.38. The fraction of sp³-hybridized carbons (Fsp3) is 0.182. The van der Waals surface area contributed by atoms with E-state index in [0.717, 1.165) is 10.1 Å². The molecule has 0 atom stereocenters. The molecular weight excluding hydrogens is 215 g/mol. The third-order valence-corrected chi connectivity index (χ3v) is 3.05. The van der Waals surface area contributed by atoms with Gasteiger partial charge < -0.3 is 4.74 Å². The van der Waals surface area contributed by atoms with Gasteiger partial charge in [-0.3, -0.25) is 0 Å². The summed E-state index contributed by atoms with van der Waals surface area (Å²) in [6, 6.07) is 6.11. The molecule has 0 unspecified atom stereocenters. The number of halogens is 1. The number of rotatable bonds is 2. The van der Waals surface area contributed by atoms with Crippen molar-refractivity contribution in [2.75, 3.05) is 6.61 Å². The first kappa shape index (κ1) is 10.1. The Hall–Kier alpha value is -1.42. The highest BCUT2D eigenvalue weighted by Crippen LogP contribution is 2.26. The third kappa shape index (κ3) is 1.99. The second-order valence-corrected chi connectivity index (χ2v) is 4.10. The van der Waals surface area contributed by atoms with E-state index < -0.39 is 0 Å². The lowest BCUT2D eigenvalue weighted by Crippen LogP contribution is -2.01. The van der Waals surface area contributed by atoms with Crippen LogP contribution in [0.4, 0.5) is 4.39 Å². The SMILES string of the molecule is CCOC(=O)c1cc2cc(F)ccc2s1. The van der Waals surface area contributed by atoms with Crippen LogP contribution in [0.2, 0.25) is 0 Å². The predicted octanol–water partition coefficient (Wildman–Crippen LogP) is 3.22. The van der Waals surface area contributed by atoms with E-state index in [9.17, 15) is 9.18 Å². The molecule has 0 saturated heterocycles. The number of fused-ring (bicyclic) bond motifs is 1. The van der Waals surface area contributed by atoms with Gasteiger partial charge in [0.15, 0.2) is 0 Å². The van der Waals surface area contributed by atoms with Crippen LogP contribution in [0.15, 0.2) is 24.3 Å². The van der Waals surface area contributed by atoms with Gasteiger partial charge in [-0.1, -0.05) is 0 Å². The quantitative estimate of drug-likeness (QED) is 0.732. The molecule has 1 aromatic heterocycles. The zero-order chi connectivity index (χ0) is 10.8. The minimum absolute atomic E-state index is 0.296. The Kier molecular flexibility index (Phi) is 2.68. The topological polar surface area (TPSA) is 26.3 Å². The van der Waals surface area contributed by atoms with Crippen LogP contribution < -0.4 is 0 Å². The first-order chi connectivity index (χ1) is 7.20. The molecule has 1 aromatic carbocycles. The van der Waals surface area contributed by atoms with Crippen LogP contribution in [0.5, 0.6) is 0 Å². The van der Waals surface area contributed by atoms with Crippen molar-refractivity contribution in [2.24, 2.45) is 0 Å². The standard InChI is InChI=1S/C11H9FO2S/c1-2-14-11(13)10-6-7-5-8(12)3-4-9(7)15-10/h3-6H,2H2,1H3. The molecule has 4 heteroatoms. The Morgan fingerprint density at radius 1 is 1.47 bits per heavy atom. The van der Waals surface area contributed by atoms with Gasteiger partial charge >= 0.3 is 5.97 Å². The van der Waals surface area contributed by atoms with Gasteiger partial charge in [0.05, 0.1) is 6.61 Å². The Bertz CT molecular complexity index is 504. The molecule has 0 N–H and O–H groups in total. The number of carbonyl (C=O) groups excluding carboxylic acids is 1. The van der Waals surface area contributed by atoms with Crippen molar-refractivity contribution in [3.05, 3.63) is 35.0 Å². The molecule has 2 nitrogen and oxygen atoms in total. The minimum atomic E-state index is -0.348. The second-order valence-electron chi connectivity index (χ2n) is 3.01. The van der Waals surface area contributed by atoms with Gasteiger partial charge in [-0.15, -0.1) is 11.3 Å². The Labute approximate surface area is 90.3 Å². The number of carbonyl (C=O) groups is 1. The van der Waals surface area contributed by atoms with Gasteiger partial charge in [-0.05, 0) is 36.6 Å². The van der Waals surface area contributed by atoms with Crippen molar-refractivity contribution in [3.8, 4) is 0 Å². The van der Waals surface area contributed by atoms with Crippen LogP contribution in [0, 0.1) is 5.82 Å². The molecule has 0 aliphatic heterocycles. The largest absolute Gasteiger partial charge is 0.462 e. The average molecular weight is 224 g/mol. The van der Waals surface area contributed by atoms with Crippen LogP contribution in [-0.4, -0.2) is 12.6 Å². The van der Waals surface area contributed by atoms with Crippen molar-refractivity contribution < 1.29 is 13.9 Å². The van der Waals surface area contributed by atoms with Gasteiger partial charge in [-0.2, -0.15) is 0 Å². The van der Waals surface area contributed by atoms with E-state index in [1.807, 2.05) is 0 Å². The lowest BCUT2D eigenvalue weighted by molar-refractivity contribution is 0.0532. The predicted molar refractivity (Wildman–Crippen MR) is 57.7 cm³/mol. The zero-order valence-electron chi connectivity index (χ0n) is 8.12. The highest BCUT2D eigenvalue weighted by atomic mass is 32.1. The van der Waals surface area contributed by atoms with Gasteiger partial charge in [0.2, 0.25) is 0 Å². The molecule has 0 aliphatic carbocycles. The molecule has 0 fully saturated rings. The highest BCUT2D eigenvalue weighted by Gasteiger charge is 2.10. The molecule has 1 heterocycles. The summed E-state index contributed by atoms with van der Waals surface area (Å²) in [6.45, 7) is 2.10. The second kappa shape index (κ2) is 3.98. The molecule has 15 heavy (non-hydrogen) atoms. The average Bonchev–Trinajstić information content (AvgIpc) is 2.60. The number of esters is 1. The van der Waals surface area contributed by atoms with Crippen LogP contribution in [0.25, 0.3) is 10.1 Å². The lowest BCUT2D eigenvalue weighted by Gasteiger charge is -1.95.